The molecular weight excluding hydrogens is 404 g/mol. The van der Waals surface area contributed by atoms with E-state index in [1.165, 1.54) is 0 Å². The number of amides is 1. The predicted octanol–water partition coefficient (Wildman–Crippen LogP) is 4.11. The van der Waals surface area contributed by atoms with Gasteiger partial charge in [0.2, 0.25) is 10.0 Å². The standard InChI is InChI=1S/C22H28N2O5S/c1-22(2,3)29-21(25)23-19-13-17(19)14-6-8-15(9-7-14)18-12-16(24-30(5,26)27)10-11-20(18)28-4/h6-12,17,19,24H,13H2,1-5H3,(H,23,25)/t17-,19+/m1/s1. The molecule has 162 valence electrons. The number of anilines is 1. The fraction of sp³-hybridized carbons (Fsp3) is 0.409. The highest BCUT2D eigenvalue weighted by Crippen LogP contribution is 2.42. The van der Waals surface area contributed by atoms with Crippen LogP contribution in [0.3, 0.4) is 0 Å². The van der Waals surface area contributed by atoms with Crippen LogP contribution in [0.25, 0.3) is 11.1 Å². The van der Waals surface area contributed by atoms with Crippen LogP contribution in [0.15, 0.2) is 42.5 Å². The highest BCUT2D eigenvalue weighted by Gasteiger charge is 2.40. The molecule has 0 aliphatic heterocycles. The van der Waals surface area contributed by atoms with Gasteiger partial charge in [-0.2, -0.15) is 0 Å². The highest BCUT2D eigenvalue weighted by molar-refractivity contribution is 7.92. The van der Waals surface area contributed by atoms with Gasteiger partial charge in [-0.15, -0.1) is 0 Å². The summed E-state index contributed by atoms with van der Waals surface area (Å²) < 4.78 is 36.3. The molecule has 1 aliphatic rings. The fourth-order valence-corrected chi connectivity index (χ4v) is 3.86. The first kappa shape index (κ1) is 22.0. The third-order valence-corrected chi connectivity index (χ3v) is 5.25. The van der Waals surface area contributed by atoms with Crippen LogP contribution in [0.5, 0.6) is 5.75 Å². The van der Waals surface area contributed by atoms with Gasteiger partial charge in [0, 0.05) is 23.2 Å². The zero-order chi connectivity index (χ0) is 22.1. The number of rotatable bonds is 6. The minimum Gasteiger partial charge on any atom is -0.496 e. The third-order valence-electron chi connectivity index (χ3n) is 4.65. The van der Waals surface area contributed by atoms with Crippen molar-refractivity contribution in [2.45, 2.75) is 44.8 Å². The van der Waals surface area contributed by atoms with Crippen molar-refractivity contribution in [1.29, 1.82) is 0 Å². The summed E-state index contributed by atoms with van der Waals surface area (Å²) in [6.45, 7) is 5.51. The number of sulfonamides is 1. The lowest BCUT2D eigenvalue weighted by atomic mass is 10.0. The van der Waals surface area contributed by atoms with Crippen LogP contribution >= 0.6 is 0 Å². The predicted molar refractivity (Wildman–Crippen MR) is 117 cm³/mol. The molecule has 0 bridgehead atoms. The van der Waals surface area contributed by atoms with Crippen LogP contribution in [-0.4, -0.2) is 39.5 Å². The largest absolute Gasteiger partial charge is 0.496 e. The molecule has 7 nitrogen and oxygen atoms in total. The van der Waals surface area contributed by atoms with E-state index >= 15 is 0 Å². The summed E-state index contributed by atoms with van der Waals surface area (Å²) in [5.41, 5.74) is 2.78. The molecular formula is C22H28N2O5S. The number of alkyl carbamates (subject to hydrolysis) is 1. The molecule has 2 aromatic carbocycles. The van der Waals surface area contributed by atoms with E-state index < -0.39 is 21.7 Å². The molecule has 1 saturated carbocycles. The number of hydrogen-bond acceptors (Lipinski definition) is 5. The van der Waals surface area contributed by atoms with Crippen molar-refractivity contribution in [3.8, 4) is 16.9 Å². The Hall–Kier alpha value is -2.74. The van der Waals surface area contributed by atoms with Crippen molar-refractivity contribution in [2.24, 2.45) is 0 Å². The minimum absolute atomic E-state index is 0.0718. The van der Waals surface area contributed by atoms with Crippen molar-refractivity contribution in [1.82, 2.24) is 5.32 Å². The summed E-state index contributed by atoms with van der Waals surface area (Å²) in [5.74, 6) is 0.907. The van der Waals surface area contributed by atoms with Gasteiger partial charge in [-0.1, -0.05) is 24.3 Å². The van der Waals surface area contributed by atoms with Crippen molar-refractivity contribution in [2.75, 3.05) is 18.1 Å². The maximum atomic E-state index is 11.9. The van der Waals surface area contributed by atoms with E-state index in [0.717, 1.165) is 29.4 Å². The van der Waals surface area contributed by atoms with E-state index in [9.17, 15) is 13.2 Å². The van der Waals surface area contributed by atoms with E-state index in [4.69, 9.17) is 9.47 Å². The Morgan fingerprint density at radius 3 is 2.33 bits per heavy atom. The maximum absolute atomic E-state index is 11.9. The smallest absolute Gasteiger partial charge is 0.407 e. The SMILES string of the molecule is COc1ccc(NS(C)(=O)=O)cc1-c1ccc([C@H]2C[C@@H]2NC(=O)OC(C)(C)C)cc1. The molecule has 2 N–H and O–H groups in total. The topological polar surface area (TPSA) is 93.7 Å². The number of methoxy groups -OCH3 is 1. The molecule has 2 atom stereocenters. The molecule has 3 rings (SSSR count). The summed E-state index contributed by atoms with van der Waals surface area (Å²) in [6.07, 6.45) is 1.59. The monoisotopic (exact) mass is 432 g/mol. The Bertz CT molecular complexity index is 1030. The average molecular weight is 433 g/mol. The lowest BCUT2D eigenvalue weighted by Crippen LogP contribution is -2.34. The number of hydrogen-bond donors (Lipinski definition) is 2. The lowest BCUT2D eigenvalue weighted by Gasteiger charge is -2.19. The van der Waals surface area contributed by atoms with Crippen LogP contribution in [0, 0.1) is 0 Å². The molecule has 0 radical (unpaired) electrons. The van der Waals surface area contributed by atoms with Gasteiger partial charge in [0.15, 0.2) is 0 Å². The number of nitrogens with one attached hydrogen (secondary N) is 2. The number of benzene rings is 2. The summed E-state index contributed by atoms with van der Waals surface area (Å²) in [5, 5.41) is 2.91. The Kier molecular flexibility index (Phi) is 5.99. The molecule has 1 aliphatic carbocycles. The van der Waals surface area contributed by atoms with Crippen LogP contribution in [0.2, 0.25) is 0 Å². The van der Waals surface area contributed by atoms with Gasteiger partial charge in [-0.25, -0.2) is 13.2 Å². The first-order valence-electron chi connectivity index (χ1n) is 9.71. The lowest BCUT2D eigenvalue weighted by molar-refractivity contribution is 0.0523. The van der Waals surface area contributed by atoms with Crippen LogP contribution in [0.4, 0.5) is 10.5 Å². The van der Waals surface area contributed by atoms with Gasteiger partial charge in [-0.05, 0) is 56.5 Å². The quantitative estimate of drug-likeness (QED) is 0.716. The molecule has 1 fully saturated rings. The Balaban J connectivity index is 1.72. The summed E-state index contributed by atoms with van der Waals surface area (Å²) in [7, 11) is -1.79. The summed E-state index contributed by atoms with van der Waals surface area (Å²) in [4.78, 5) is 11.9. The molecule has 0 unspecified atom stereocenters. The van der Waals surface area contributed by atoms with Gasteiger partial charge in [-0.3, -0.25) is 4.72 Å². The highest BCUT2D eigenvalue weighted by atomic mass is 32.2. The summed E-state index contributed by atoms with van der Waals surface area (Å²) >= 11 is 0. The minimum atomic E-state index is -3.37. The zero-order valence-corrected chi connectivity index (χ0v) is 18.7. The first-order chi connectivity index (χ1) is 13.9. The van der Waals surface area contributed by atoms with E-state index in [-0.39, 0.29) is 12.0 Å². The maximum Gasteiger partial charge on any atom is 0.407 e. The van der Waals surface area contributed by atoms with Crippen LogP contribution in [0.1, 0.15) is 38.7 Å². The Morgan fingerprint density at radius 2 is 1.77 bits per heavy atom. The van der Waals surface area contributed by atoms with E-state index in [0.29, 0.717) is 11.4 Å². The molecule has 0 spiro atoms. The van der Waals surface area contributed by atoms with E-state index in [1.807, 2.05) is 45.0 Å². The average Bonchev–Trinajstić information content (AvgIpc) is 3.37. The second kappa shape index (κ2) is 8.18. The third kappa shape index (κ3) is 5.89. The molecule has 2 aromatic rings. The second-order valence-electron chi connectivity index (χ2n) is 8.51. The van der Waals surface area contributed by atoms with Crippen LogP contribution in [-0.2, 0) is 14.8 Å². The molecule has 8 heteroatoms. The molecule has 30 heavy (non-hydrogen) atoms. The van der Waals surface area contributed by atoms with Crippen molar-refractivity contribution < 1.29 is 22.7 Å². The van der Waals surface area contributed by atoms with Gasteiger partial charge < -0.3 is 14.8 Å². The van der Waals surface area contributed by atoms with Crippen molar-refractivity contribution in [3.63, 3.8) is 0 Å². The van der Waals surface area contributed by atoms with E-state index in [2.05, 4.69) is 10.0 Å². The number of ether oxygens (including phenoxy) is 2. The van der Waals surface area contributed by atoms with E-state index in [1.54, 1.807) is 25.3 Å². The summed E-state index contributed by atoms with van der Waals surface area (Å²) in [6, 6.07) is 13.2. The second-order valence-corrected chi connectivity index (χ2v) is 10.3. The molecule has 0 saturated heterocycles. The van der Waals surface area contributed by atoms with Crippen LogP contribution < -0.4 is 14.8 Å². The fourth-order valence-electron chi connectivity index (χ4n) is 3.30. The molecule has 1 amide bonds. The zero-order valence-electron chi connectivity index (χ0n) is 17.9. The van der Waals surface area contributed by atoms with Gasteiger partial charge in [0.05, 0.1) is 13.4 Å². The van der Waals surface area contributed by atoms with Gasteiger partial charge in [0.1, 0.15) is 11.4 Å². The van der Waals surface area contributed by atoms with Gasteiger partial charge in [0.25, 0.3) is 0 Å². The first-order valence-corrected chi connectivity index (χ1v) is 11.6. The number of carbonyl (C=O) groups is 1. The normalized spacial score (nSPS) is 18.4. The van der Waals surface area contributed by atoms with Crippen molar-refractivity contribution in [3.05, 3.63) is 48.0 Å². The Labute approximate surface area is 177 Å². The van der Waals surface area contributed by atoms with Crippen molar-refractivity contribution >= 4 is 21.8 Å². The molecule has 0 heterocycles. The Morgan fingerprint density at radius 1 is 1.10 bits per heavy atom. The number of carbonyl (C=O) groups excluding carboxylic acids is 1. The molecule has 0 aromatic heterocycles. The van der Waals surface area contributed by atoms with Gasteiger partial charge >= 0.3 is 6.09 Å².